The van der Waals surface area contributed by atoms with Crippen LogP contribution in [0.1, 0.15) is 31.2 Å². The van der Waals surface area contributed by atoms with E-state index < -0.39 is 0 Å². The van der Waals surface area contributed by atoms with Crippen LogP contribution in [0.15, 0.2) is 48.5 Å². The summed E-state index contributed by atoms with van der Waals surface area (Å²) in [4.78, 5) is 11.0. The maximum absolute atomic E-state index is 11.0. The van der Waals surface area contributed by atoms with Gasteiger partial charge in [0.2, 0.25) is 0 Å². The van der Waals surface area contributed by atoms with E-state index in [0.29, 0.717) is 11.5 Å². The van der Waals surface area contributed by atoms with Crippen LogP contribution in [0.3, 0.4) is 0 Å². The van der Waals surface area contributed by atoms with Gasteiger partial charge in [0.15, 0.2) is 5.11 Å². The molecule has 0 unspecified atom stereocenters. The highest BCUT2D eigenvalue weighted by molar-refractivity contribution is 7.80. The van der Waals surface area contributed by atoms with Gasteiger partial charge in [-0.25, -0.2) is 0 Å². The largest absolute Gasteiger partial charge is 0.469 e. The zero-order valence-electron chi connectivity index (χ0n) is 15.8. The molecule has 2 N–H and O–H groups in total. The number of thiocarbonyl (C=S) groups is 1. The molecule has 5 nitrogen and oxygen atoms in total. The van der Waals surface area contributed by atoms with Gasteiger partial charge in [0.25, 0.3) is 0 Å². The summed E-state index contributed by atoms with van der Waals surface area (Å²) in [6.45, 7) is 2.80. The van der Waals surface area contributed by atoms with Gasteiger partial charge in [-0.2, -0.15) is 0 Å². The molecule has 0 aliphatic carbocycles. The lowest BCUT2D eigenvalue weighted by Crippen LogP contribution is -2.29. The summed E-state index contributed by atoms with van der Waals surface area (Å²) in [6.07, 6.45) is 3.20. The topological polar surface area (TPSA) is 59.6 Å². The Hall–Kier alpha value is -2.60. The van der Waals surface area contributed by atoms with Crippen molar-refractivity contribution in [2.24, 2.45) is 0 Å². The Kier molecular flexibility index (Phi) is 8.58. The average molecular weight is 387 g/mol. The molecule has 0 amide bonds. The molecule has 27 heavy (non-hydrogen) atoms. The highest BCUT2D eigenvalue weighted by Crippen LogP contribution is 2.23. The minimum Gasteiger partial charge on any atom is -0.469 e. The first-order valence-corrected chi connectivity index (χ1v) is 9.44. The fourth-order valence-corrected chi connectivity index (χ4v) is 2.69. The van der Waals surface area contributed by atoms with Crippen LogP contribution in [0.5, 0.6) is 11.5 Å². The van der Waals surface area contributed by atoms with Gasteiger partial charge in [0.05, 0.1) is 7.11 Å². The zero-order chi connectivity index (χ0) is 19.5. The van der Waals surface area contributed by atoms with Crippen LogP contribution in [0, 0.1) is 6.92 Å². The minimum absolute atomic E-state index is 0.157. The highest BCUT2D eigenvalue weighted by atomic mass is 32.1. The fraction of sp³-hybridized carbons (Fsp3) is 0.333. The van der Waals surface area contributed by atoms with E-state index in [1.165, 1.54) is 7.11 Å². The summed E-state index contributed by atoms with van der Waals surface area (Å²) in [7, 11) is 1.41. The number of nitrogens with one attached hydrogen (secondary N) is 2. The van der Waals surface area contributed by atoms with E-state index in [0.717, 1.165) is 48.6 Å². The number of anilines is 1. The molecule has 0 aromatic heterocycles. The third-order valence-corrected chi connectivity index (χ3v) is 4.15. The van der Waals surface area contributed by atoms with Gasteiger partial charge in [0, 0.05) is 18.7 Å². The Morgan fingerprint density at radius 3 is 2.52 bits per heavy atom. The second-order valence-corrected chi connectivity index (χ2v) is 6.62. The van der Waals surface area contributed by atoms with Crippen LogP contribution < -0.4 is 15.4 Å². The van der Waals surface area contributed by atoms with Crippen LogP contribution >= 0.6 is 12.2 Å². The first-order valence-electron chi connectivity index (χ1n) is 9.03. The van der Waals surface area contributed by atoms with Crippen molar-refractivity contribution in [2.75, 3.05) is 19.0 Å². The molecule has 0 saturated carbocycles. The van der Waals surface area contributed by atoms with E-state index in [9.17, 15) is 4.79 Å². The van der Waals surface area contributed by atoms with Gasteiger partial charge in [-0.3, -0.25) is 4.79 Å². The summed E-state index contributed by atoms with van der Waals surface area (Å²) in [6, 6.07) is 15.6. The van der Waals surface area contributed by atoms with E-state index in [2.05, 4.69) is 15.4 Å². The zero-order valence-corrected chi connectivity index (χ0v) is 16.6. The van der Waals surface area contributed by atoms with E-state index in [1.54, 1.807) is 0 Å². The Labute approximate surface area is 166 Å². The maximum atomic E-state index is 11.0. The van der Waals surface area contributed by atoms with Gasteiger partial charge >= 0.3 is 5.97 Å². The van der Waals surface area contributed by atoms with E-state index >= 15 is 0 Å². The van der Waals surface area contributed by atoms with Gasteiger partial charge < -0.3 is 20.1 Å². The van der Waals surface area contributed by atoms with Crippen molar-refractivity contribution < 1.29 is 14.3 Å². The normalized spacial score (nSPS) is 10.1. The monoisotopic (exact) mass is 386 g/mol. The van der Waals surface area contributed by atoms with Crippen molar-refractivity contribution in [3.05, 3.63) is 54.1 Å². The molecule has 0 bridgehead atoms. The van der Waals surface area contributed by atoms with E-state index in [1.807, 2.05) is 55.5 Å². The molecule has 6 heteroatoms. The molecule has 0 spiro atoms. The summed E-state index contributed by atoms with van der Waals surface area (Å²) in [5.74, 6) is 1.44. The minimum atomic E-state index is -0.157. The standard InChI is InChI=1S/C21H26N2O3S/c1-16-7-6-8-19(15-16)26-18-12-10-17(11-13-18)23-21(27)22-14-5-3-4-9-20(24)25-2/h6-8,10-13,15H,3-5,9,14H2,1-2H3,(H2,22,23,27). The van der Waals surface area contributed by atoms with Crippen molar-refractivity contribution in [3.8, 4) is 11.5 Å². The van der Waals surface area contributed by atoms with Crippen LogP contribution in [0.2, 0.25) is 0 Å². The van der Waals surface area contributed by atoms with Crippen molar-refractivity contribution in [1.82, 2.24) is 5.32 Å². The van der Waals surface area contributed by atoms with E-state index in [4.69, 9.17) is 17.0 Å². The number of unbranched alkanes of at least 4 members (excludes halogenated alkanes) is 2. The molecule has 0 radical (unpaired) electrons. The number of hydrogen-bond acceptors (Lipinski definition) is 4. The molecule has 2 aromatic rings. The molecule has 0 saturated heterocycles. The van der Waals surface area contributed by atoms with Gasteiger partial charge in [-0.1, -0.05) is 18.6 Å². The maximum Gasteiger partial charge on any atom is 0.305 e. The van der Waals surface area contributed by atoms with Gasteiger partial charge in [-0.15, -0.1) is 0 Å². The molecule has 0 aliphatic rings. The summed E-state index contributed by atoms with van der Waals surface area (Å²) < 4.78 is 10.5. The van der Waals surface area contributed by atoms with Crippen molar-refractivity contribution in [1.29, 1.82) is 0 Å². The van der Waals surface area contributed by atoms with Crippen LogP contribution in [-0.4, -0.2) is 24.7 Å². The number of esters is 1. The molecular formula is C21H26N2O3S. The Morgan fingerprint density at radius 1 is 1.04 bits per heavy atom. The number of rotatable bonds is 9. The number of carbonyl (C=O) groups is 1. The third kappa shape index (κ3) is 8.09. The molecule has 0 aliphatic heterocycles. The lowest BCUT2D eigenvalue weighted by atomic mass is 10.2. The number of ether oxygens (including phenoxy) is 2. The Balaban J connectivity index is 1.68. The summed E-state index contributed by atoms with van der Waals surface area (Å²) >= 11 is 5.30. The molecule has 144 valence electrons. The van der Waals surface area contributed by atoms with Crippen LogP contribution in [0.4, 0.5) is 5.69 Å². The lowest BCUT2D eigenvalue weighted by molar-refractivity contribution is -0.140. The third-order valence-electron chi connectivity index (χ3n) is 3.91. The smallest absolute Gasteiger partial charge is 0.305 e. The first kappa shape index (κ1) is 20.7. The predicted molar refractivity (Wildman–Crippen MR) is 112 cm³/mol. The molecular weight excluding hydrogens is 360 g/mol. The number of methoxy groups -OCH3 is 1. The lowest BCUT2D eigenvalue weighted by Gasteiger charge is -2.11. The van der Waals surface area contributed by atoms with Crippen LogP contribution in [-0.2, 0) is 9.53 Å². The quantitative estimate of drug-likeness (QED) is 0.366. The number of hydrogen-bond donors (Lipinski definition) is 2. The second-order valence-electron chi connectivity index (χ2n) is 6.21. The molecule has 0 fully saturated rings. The SMILES string of the molecule is COC(=O)CCCCCNC(=S)Nc1ccc(Oc2cccc(C)c2)cc1. The number of benzene rings is 2. The summed E-state index contributed by atoms with van der Waals surface area (Å²) in [5, 5.41) is 6.90. The average Bonchev–Trinajstić information content (AvgIpc) is 2.66. The molecule has 0 heterocycles. The van der Waals surface area contributed by atoms with E-state index in [-0.39, 0.29) is 5.97 Å². The molecule has 2 aromatic carbocycles. The van der Waals surface area contributed by atoms with Crippen LogP contribution in [0.25, 0.3) is 0 Å². The molecule has 2 rings (SSSR count). The predicted octanol–water partition coefficient (Wildman–Crippen LogP) is 4.81. The van der Waals surface area contributed by atoms with Crippen molar-refractivity contribution >= 4 is 29.0 Å². The van der Waals surface area contributed by atoms with Gasteiger partial charge in [-0.05, 0) is 73.9 Å². The highest BCUT2D eigenvalue weighted by Gasteiger charge is 2.02. The number of aryl methyl sites for hydroxylation is 1. The fourth-order valence-electron chi connectivity index (χ4n) is 2.47. The second kappa shape index (κ2) is 11.2. The Morgan fingerprint density at radius 2 is 1.81 bits per heavy atom. The summed E-state index contributed by atoms with van der Waals surface area (Å²) in [5.41, 5.74) is 2.06. The van der Waals surface area contributed by atoms with Crippen molar-refractivity contribution in [3.63, 3.8) is 0 Å². The van der Waals surface area contributed by atoms with Gasteiger partial charge in [0.1, 0.15) is 11.5 Å². The number of carbonyl (C=O) groups excluding carboxylic acids is 1. The Bertz CT molecular complexity index is 747. The first-order chi connectivity index (χ1) is 13.1. The molecule has 0 atom stereocenters. The van der Waals surface area contributed by atoms with Crippen molar-refractivity contribution in [2.45, 2.75) is 32.6 Å².